The van der Waals surface area contributed by atoms with E-state index in [0.29, 0.717) is 19.5 Å². The van der Waals surface area contributed by atoms with Crippen molar-refractivity contribution >= 4 is 5.91 Å². The number of hydrogen-bond donors (Lipinski definition) is 2. The van der Waals surface area contributed by atoms with Gasteiger partial charge in [0.2, 0.25) is 5.91 Å². The highest BCUT2D eigenvalue weighted by Gasteiger charge is 2.17. The number of benzene rings is 1. The molecular weight excluding hydrogens is 264 g/mol. The zero-order valence-electron chi connectivity index (χ0n) is 13.4. The smallest absolute Gasteiger partial charge is 0.220 e. The molecule has 0 saturated carbocycles. The topological polar surface area (TPSA) is 64.3 Å². The fourth-order valence-electron chi connectivity index (χ4n) is 2.19. The van der Waals surface area contributed by atoms with Gasteiger partial charge < -0.3 is 15.8 Å². The van der Waals surface area contributed by atoms with Gasteiger partial charge in [0, 0.05) is 13.0 Å². The van der Waals surface area contributed by atoms with Crippen LogP contribution in [0, 0.1) is 5.41 Å². The van der Waals surface area contributed by atoms with Crippen LogP contribution < -0.4 is 15.8 Å². The second-order valence-electron chi connectivity index (χ2n) is 6.15. The first-order chi connectivity index (χ1) is 9.96. The normalized spacial score (nSPS) is 11.2. The Kier molecular flexibility index (Phi) is 7.23. The zero-order valence-corrected chi connectivity index (χ0v) is 13.4. The number of ether oxygens (including phenoxy) is 1. The summed E-state index contributed by atoms with van der Waals surface area (Å²) in [6, 6.07) is 7.92. The van der Waals surface area contributed by atoms with Crippen molar-refractivity contribution in [2.75, 3.05) is 20.2 Å². The van der Waals surface area contributed by atoms with Crippen LogP contribution in [-0.2, 0) is 11.2 Å². The number of carbonyl (C=O) groups excluding carboxylic acids is 1. The van der Waals surface area contributed by atoms with Gasteiger partial charge >= 0.3 is 0 Å². The van der Waals surface area contributed by atoms with Gasteiger partial charge in [-0.25, -0.2) is 0 Å². The monoisotopic (exact) mass is 292 g/mol. The SMILES string of the molecule is COc1ccc(CCNC(=O)CCC(C)(C)CCN)cc1. The molecule has 0 saturated heterocycles. The number of methoxy groups -OCH3 is 1. The molecule has 1 aromatic rings. The minimum atomic E-state index is 0.119. The maximum Gasteiger partial charge on any atom is 0.220 e. The van der Waals surface area contributed by atoms with Gasteiger partial charge in [0.1, 0.15) is 5.75 Å². The van der Waals surface area contributed by atoms with Crippen LogP contribution in [0.4, 0.5) is 0 Å². The van der Waals surface area contributed by atoms with Gasteiger partial charge in [-0.15, -0.1) is 0 Å². The van der Waals surface area contributed by atoms with Crippen molar-refractivity contribution in [3.05, 3.63) is 29.8 Å². The number of hydrogen-bond acceptors (Lipinski definition) is 3. The molecule has 0 atom stereocenters. The van der Waals surface area contributed by atoms with E-state index in [1.807, 2.05) is 24.3 Å². The van der Waals surface area contributed by atoms with Gasteiger partial charge in [-0.05, 0) is 48.9 Å². The third-order valence-electron chi connectivity index (χ3n) is 3.74. The summed E-state index contributed by atoms with van der Waals surface area (Å²) in [4.78, 5) is 11.8. The maximum absolute atomic E-state index is 11.8. The van der Waals surface area contributed by atoms with Crippen LogP contribution in [0.15, 0.2) is 24.3 Å². The molecule has 0 spiro atoms. The van der Waals surface area contributed by atoms with E-state index in [2.05, 4.69) is 19.2 Å². The van der Waals surface area contributed by atoms with E-state index in [-0.39, 0.29) is 11.3 Å². The van der Waals surface area contributed by atoms with E-state index in [0.717, 1.165) is 25.0 Å². The van der Waals surface area contributed by atoms with Crippen molar-refractivity contribution in [3.8, 4) is 5.75 Å². The van der Waals surface area contributed by atoms with Crippen LogP contribution in [0.25, 0.3) is 0 Å². The van der Waals surface area contributed by atoms with Crippen LogP contribution in [0.2, 0.25) is 0 Å². The van der Waals surface area contributed by atoms with E-state index in [1.54, 1.807) is 7.11 Å². The average Bonchev–Trinajstić information content (AvgIpc) is 2.46. The Hall–Kier alpha value is -1.55. The molecule has 1 amide bonds. The molecule has 0 aliphatic heterocycles. The lowest BCUT2D eigenvalue weighted by molar-refractivity contribution is -0.121. The summed E-state index contributed by atoms with van der Waals surface area (Å²) >= 11 is 0. The molecule has 0 aliphatic rings. The van der Waals surface area contributed by atoms with E-state index < -0.39 is 0 Å². The second kappa shape index (κ2) is 8.67. The Balaban J connectivity index is 2.23. The highest BCUT2D eigenvalue weighted by atomic mass is 16.5. The Labute approximate surface area is 128 Å². The predicted molar refractivity (Wildman–Crippen MR) is 86.4 cm³/mol. The van der Waals surface area contributed by atoms with Gasteiger partial charge in [-0.2, -0.15) is 0 Å². The number of rotatable bonds is 9. The third kappa shape index (κ3) is 7.14. The van der Waals surface area contributed by atoms with Crippen molar-refractivity contribution in [1.29, 1.82) is 0 Å². The van der Waals surface area contributed by atoms with Crippen LogP contribution in [0.5, 0.6) is 5.75 Å². The molecule has 0 heterocycles. The summed E-state index contributed by atoms with van der Waals surface area (Å²) < 4.78 is 5.12. The van der Waals surface area contributed by atoms with Gasteiger partial charge in [0.25, 0.3) is 0 Å². The lowest BCUT2D eigenvalue weighted by atomic mass is 9.84. The van der Waals surface area contributed by atoms with Crippen LogP contribution in [-0.4, -0.2) is 26.1 Å². The molecule has 4 heteroatoms. The van der Waals surface area contributed by atoms with Crippen LogP contribution >= 0.6 is 0 Å². The Bertz CT molecular complexity index is 427. The quantitative estimate of drug-likeness (QED) is 0.735. The minimum absolute atomic E-state index is 0.119. The number of nitrogens with two attached hydrogens (primary N) is 1. The molecule has 0 radical (unpaired) electrons. The van der Waals surface area contributed by atoms with Gasteiger partial charge in [-0.3, -0.25) is 4.79 Å². The highest BCUT2D eigenvalue weighted by Crippen LogP contribution is 2.25. The van der Waals surface area contributed by atoms with Gasteiger partial charge in [0.05, 0.1) is 7.11 Å². The summed E-state index contributed by atoms with van der Waals surface area (Å²) in [5.41, 5.74) is 6.91. The lowest BCUT2D eigenvalue weighted by Crippen LogP contribution is -2.27. The first kappa shape index (κ1) is 17.5. The summed E-state index contributed by atoms with van der Waals surface area (Å²) in [5, 5.41) is 2.97. The molecule has 1 aromatic carbocycles. The van der Waals surface area contributed by atoms with Crippen molar-refractivity contribution in [3.63, 3.8) is 0 Å². The van der Waals surface area contributed by atoms with Gasteiger partial charge in [-0.1, -0.05) is 26.0 Å². The molecule has 0 aromatic heterocycles. The molecule has 0 bridgehead atoms. The summed E-state index contributed by atoms with van der Waals surface area (Å²) in [7, 11) is 1.65. The van der Waals surface area contributed by atoms with E-state index in [1.165, 1.54) is 5.56 Å². The summed E-state index contributed by atoms with van der Waals surface area (Å²) in [5.74, 6) is 0.971. The van der Waals surface area contributed by atoms with Crippen molar-refractivity contribution in [1.82, 2.24) is 5.32 Å². The average molecular weight is 292 g/mol. The first-order valence-electron chi connectivity index (χ1n) is 7.56. The Morgan fingerprint density at radius 1 is 1.24 bits per heavy atom. The molecule has 21 heavy (non-hydrogen) atoms. The van der Waals surface area contributed by atoms with Crippen LogP contribution in [0.3, 0.4) is 0 Å². The van der Waals surface area contributed by atoms with Crippen LogP contribution in [0.1, 0.15) is 38.7 Å². The minimum Gasteiger partial charge on any atom is -0.497 e. The third-order valence-corrected chi connectivity index (χ3v) is 3.74. The summed E-state index contributed by atoms with van der Waals surface area (Å²) in [6.07, 6.45) is 3.22. The van der Waals surface area contributed by atoms with Crippen molar-refractivity contribution in [2.24, 2.45) is 11.1 Å². The molecule has 3 N–H and O–H groups in total. The molecule has 0 unspecified atom stereocenters. The highest BCUT2D eigenvalue weighted by molar-refractivity contribution is 5.75. The Morgan fingerprint density at radius 3 is 2.48 bits per heavy atom. The second-order valence-corrected chi connectivity index (χ2v) is 6.15. The fraction of sp³-hybridized carbons (Fsp3) is 0.588. The van der Waals surface area contributed by atoms with Gasteiger partial charge in [0.15, 0.2) is 0 Å². The Morgan fingerprint density at radius 2 is 1.90 bits per heavy atom. The molecular formula is C17H28N2O2. The standard InChI is InChI=1S/C17H28N2O2/c1-17(2,11-12-18)10-8-16(20)19-13-9-14-4-6-15(21-3)7-5-14/h4-7H,8-13,18H2,1-3H3,(H,19,20). The van der Waals surface area contributed by atoms with Crippen molar-refractivity contribution in [2.45, 2.75) is 39.5 Å². The molecule has 1 rings (SSSR count). The van der Waals surface area contributed by atoms with E-state index in [9.17, 15) is 4.79 Å². The van der Waals surface area contributed by atoms with Crippen molar-refractivity contribution < 1.29 is 9.53 Å². The summed E-state index contributed by atoms with van der Waals surface area (Å²) in [6.45, 7) is 5.66. The molecule has 0 fully saturated rings. The largest absolute Gasteiger partial charge is 0.497 e. The first-order valence-corrected chi connectivity index (χ1v) is 7.56. The molecule has 118 valence electrons. The fourth-order valence-corrected chi connectivity index (χ4v) is 2.19. The predicted octanol–water partition coefficient (Wildman–Crippen LogP) is 2.51. The zero-order chi connectivity index (χ0) is 15.7. The lowest BCUT2D eigenvalue weighted by Gasteiger charge is -2.23. The number of amides is 1. The number of nitrogens with one attached hydrogen (secondary N) is 1. The van der Waals surface area contributed by atoms with E-state index >= 15 is 0 Å². The van der Waals surface area contributed by atoms with E-state index in [4.69, 9.17) is 10.5 Å². The number of carbonyl (C=O) groups is 1. The maximum atomic E-state index is 11.8. The molecule has 4 nitrogen and oxygen atoms in total. The molecule has 0 aliphatic carbocycles.